The zero-order valence-electron chi connectivity index (χ0n) is 17.8. The summed E-state index contributed by atoms with van der Waals surface area (Å²) in [6, 6.07) is 21.6. The van der Waals surface area contributed by atoms with Crippen LogP contribution in [0.5, 0.6) is 5.75 Å². The van der Waals surface area contributed by atoms with Crippen LogP contribution in [-0.2, 0) is 21.2 Å². The van der Waals surface area contributed by atoms with Crippen LogP contribution in [0.1, 0.15) is 24.1 Å². The van der Waals surface area contributed by atoms with E-state index in [2.05, 4.69) is 10.0 Å². The van der Waals surface area contributed by atoms with E-state index in [1.165, 1.54) is 25.3 Å². The molecule has 0 aliphatic carbocycles. The van der Waals surface area contributed by atoms with Crippen LogP contribution in [0.3, 0.4) is 0 Å². The van der Waals surface area contributed by atoms with Crippen molar-refractivity contribution in [1.29, 1.82) is 0 Å². The van der Waals surface area contributed by atoms with Crippen LogP contribution in [0.15, 0.2) is 83.8 Å². The van der Waals surface area contributed by atoms with Crippen molar-refractivity contribution in [2.45, 2.75) is 30.3 Å². The first-order valence-corrected chi connectivity index (χ1v) is 11.9. The molecule has 6 nitrogen and oxygen atoms in total. The number of amides is 1. The standard InChI is InChI=1S/C24H25ClN2O4S/c1-17(19-11-7-4-8-12-19)26-24(28)21(15-18-9-5-3-6-10-18)27-32(29,30)23-16-20(25)13-14-22(23)31-2/h3-14,16-17,21,27H,15H2,1-2H3,(H,26,28)/t17-,21-/m1/s1. The summed E-state index contributed by atoms with van der Waals surface area (Å²) in [5, 5.41) is 3.15. The number of nitrogens with one attached hydrogen (secondary N) is 2. The Kier molecular flexibility index (Phi) is 7.90. The molecule has 1 amide bonds. The Balaban J connectivity index is 1.89. The van der Waals surface area contributed by atoms with Crippen LogP contribution >= 0.6 is 11.6 Å². The molecule has 0 unspecified atom stereocenters. The molecule has 3 aromatic rings. The molecule has 168 valence electrons. The van der Waals surface area contributed by atoms with E-state index in [1.807, 2.05) is 67.6 Å². The van der Waals surface area contributed by atoms with Crippen LogP contribution in [0, 0.1) is 0 Å². The van der Waals surface area contributed by atoms with Gasteiger partial charge in [-0.15, -0.1) is 0 Å². The molecule has 2 atom stereocenters. The van der Waals surface area contributed by atoms with Gasteiger partial charge in [-0.05, 0) is 42.7 Å². The van der Waals surface area contributed by atoms with Crippen molar-refractivity contribution >= 4 is 27.5 Å². The highest BCUT2D eigenvalue weighted by Gasteiger charge is 2.29. The number of ether oxygens (including phenoxy) is 1. The lowest BCUT2D eigenvalue weighted by molar-refractivity contribution is -0.123. The minimum Gasteiger partial charge on any atom is -0.495 e. The minimum absolute atomic E-state index is 0.130. The first-order chi connectivity index (χ1) is 15.3. The van der Waals surface area contributed by atoms with Gasteiger partial charge in [0.05, 0.1) is 13.2 Å². The molecule has 0 saturated carbocycles. The van der Waals surface area contributed by atoms with E-state index in [0.717, 1.165) is 11.1 Å². The van der Waals surface area contributed by atoms with E-state index in [1.54, 1.807) is 0 Å². The quantitative estimate of drug-likeness (QED) is 0.490. The predicted octanol–water partition coefficient (Wildman–Crippen LogP) is 4.12. The molecule has 32 heavy (non-hydrogen) atoms. The van der Waals surface area contributed by atoms with Crippen molar-refractivity contribution in [2.24, 2.45) is 0 Å². The zero-order chi connectivity index (χ0) is 23.1. The molecule has 3 aromatic carbocycles. The second kappa shape index (κ2) is 10.6. The number of carbonyl (C=O) groups is 1. The number of methoxy groups -OCH3 is 1. The summed E-state index contributed by atoms with van der Waals surface area (Å²) in [5.41, 5.74) is 1.74. The van der Waals surface area contributed by atoms with Gasteiger partial charge in [-0.3, -0.25) is 4.79 Å². The maximum atomic E-state index is 13.2. The fourth-order valence-electron chi connectivity index (χ4n) is 3.29. The lowest BCUT2D eigenvalue weighted by Crippen LogP contribution is -2.48. The van der Waals surface area contributed by atoms with Crippen LogP contribution < -0.4 is 14.8 Å². The highest BCUT2D eigenvalue weighted by molar-refractivity contribution is 7.89. The molecule has 0 saturated heterocycles. The molecule has 0 aliphatic heterocycles. The van der Waals surface area contributed by atoms with Gasteiger partial charge in [-0.25, -0.2) is 8.42 Å². The molecule has 2 N–H and O–H groups in total. The molecule has 0 heterocycles. The van der Waals surface area contributed by atoms with Gasteiger partial charge in [-0.2, -0.15) is 4.72 Å². The van der Waals surface area contributed by atoms with Gasteiger partial charge in [0.1, 0.15) is 16.7 Å². The minimum atomic E-state index is -4.11. The van der Waals surface area contributed by atoms with E-state index < -0.39 is 22.0 Å². The zero-order valence-corrected chi connectivity index (χ0v) is 19.4. The largest absolute Gasteiger partial charge is 0.495 e. The Labute approximate surface area is 193 Å². The van der Waals surface area contributed by atoms with E-state index in [0.29, 0.717) is 0 Å². The van der Waals surface area contributed by atoms with Crippen molar-refractivity contribution in [2.75, 3.05) is 7.11 Å². The molecular weight excluding hydrogens is 448 g/mol. The Hall–Kier alpha value is -2.87. The maximum absolute atomic E-state index is 13.2. The summed E-state index contributed by atoms with van der Waals surface area (Å²) >= 11 is 6.02. The second-order valence-electron chi connectivity index (χ2n) is 7.30. The number of sulfonamides is 1. The third-order valence-electron chi connectivity index (χ3n) is 4.97. The third kappa shape index (κ3) is 6.09. The second-order valence-corrected chi connectivity index (χ2v) is 9.42. The fourth-order valence-corrected chi connectivity index (χ4v) is 4.92. The summed E-state index contributed by atoms with van der Waals surface area (Å²) in [5.74, 6) is -0.298. The summed E-state index contributed by atoms with van der Waals surface area (Å²) in [4.78, 5) is 13.0. The van der Waals surface area contributed by atoms with Gasteiger partial charge in [-0.1, -0.05) is 72.3 Å². The smallest absolute Gasteiger partial charge is 0.245 e. The summed E-state index contributed by atoms with van der Waals surface area (Å²) < 4.78 is 34.1. The average molecular weight is 473 g/mol. The molecule has 8 heteroatoms. The van der Waals surface area contributed by atoms with Gasteiger partial charge < -0.3 is 10.1 Å². The van der Waals surface area contributed by atoms with Crippen molar-refractivity contribution in [3.63, 3.8) is 0 Å². The van der Waals surface area contributed by atoms with Gasteiger partial charge in [0.15, 0.2) is 0 Å². The Morgan fingerprint density at radius 3 is 2.25 bits per heavy atom. The average Bonchev–Trinajstić information content (AvgIpc) is 2.79. The highest BCUT2D eigenvalue weighted by atomic mass is 35.5. The molecule has 0 fully saturated rings. The van der Waals surface area contributed by atoms with Gasteiger partial charge in [0.25, 0.3) is 0 Å². The van der Waals surface area contributed by atoms with E-state index >= 15 is 0 Å². The highest BCUT2D eigenvalue weighted by Crippen LogP contribution is 2.27. The molecule has 3 rings (SSSR count). The van der Waals surface area contributed by atoms with Crippen LogP contribution in [-0.4, -0.2) is 27.5 Å². The normalized spacial score (nSPS) is 13.2. The molecule has 0 bridgehead atoms. The van der Waals surface area contributed by atoms with E-state index in [-0.39, 0.29) is 28.1 Å². The topological polar surface area (TPSA) is 84.5 Å². The number of benzene rings is 3. The predicted molar refractivity (Wildman–Crippen MR) is 125 cm³/mol. The van der Waals surface area contributed by atoms with Crippen molar-refractivity contribution in [3.8, 4) is 5.75 Å². The molecular formula is C24H25ClN2O4S. The SMILES string of the molecule is COc1ccc(Cl)cc1S(=O)(=O)N[C@H](Cc1ccccc1)C(=O)N[C@H](C)c1ccccc1. The molecule has 0 aromatic heterocycles. The lowest BCUT2D eigenvalue weighted by Gasteiger charge is -2.22. The van der Waals surface area contributed by atoms with Gasteiger partial charge >= 0.3 is 0 Å². The number of rotatable bonds is 9. The number of halogens is 1. The van der Waals surface area contributed by atoms with Crippen LogP contribution in [0.2, 0.25) is 5.02 Å². The number of hydrogen-bond donors (Lipinski definition) is 2. The Morgan fingerprint density at radius 2 is 1.62 bits per heavy atom. The number of hydrogen-bond acceptors (Lipinski definition) is 4. The maximum Gasteiger partial charge on any atom is 0.245 e. The summed E-state index contributed by atoms with van der Waals surface area (Å²) in [7, 11) is -2.74. The lowest BCUT2D eigenvalue weighted by atomic mass is 10.0. The number of carbonyl (C=O) groups excluding carboxylic acids is 1. The van der Waals surface area contributed by atoms with Crippen molar-refractivity contribution < 1.29 is 17.9 Å². The molecule has 0 aliphatic rings. The van der Waals surface area contributed by atoms with Gasteiger partial charge in [0.2, 0.25) is 15.9 Å². The van der Waals surface area contributed by atoms with Crippen molar-refractivity contribution in [1.82, 2.24) is 10.0 Å². The molecule has 0 radical (unpaired) electrons. The third-order valence-corrected chi connectivity index (χ3v) is 6.70. The first kappa shape index (κ1) is 23.8. The van der Waals surface area contributed by atoms with E-state index in [9.17, 15) is 13.2 Å². The summed E-state index contributed by atoms with van der Waals surface area (Å²) in [6.07, 6.45) is 0.177. The summed E-state index contributed by atoms with van der Waals surface area (Å²) in [6.45, 7) is 1.85. The monoisotopic (exact) mass is 472 g/mol. The Morgan fingerprint density at radius 1 is 1.00 bits per heavy atom. The first-order valence-electron chi connectivity index (χ1n) is 10.1. The van der Waals surface area contributed by atoms with E-state index in [4.69, 9.17) is 16.3 Å². The molecule has 0 spiro atoms. The van der Waals surface area contributed by atoms with Crippen molar-refractivity contribution in [3.05, 3.63) is 95.0 Å². The van der Waals surface area contributed by atoms with Crippen LogP contribution in [0.25, 0.3) is 0 Å². The Bertz CT molecular complexity index is 1160. The van der Waals surface area contributed by atoms with Crippen LogP contribution in [0.4, 0.5) is 0 Å². The fraction of sp³-hybridized carbons (Fsp3) is 0.208. The van der Waals surface area contributed by atoms with Gasteiger partial charge in [0, 0.05) is 5.02 Å².